The normalized spacial score (nSPS) is 21.6. The molecule has 4 aromatic carbocycles. The van der Waals surface area contributed by atoms with Gasteiger partial charge in [-0.25, -0.2) is 0 Å². The van der Waals surface area contributed by atoms with Crippen molar-refractivity contribution in [2.24, 2.45) is 10.9 Å². The fourth-order valence-electron chi connectivity index (χ4n) is 10.3. The van der Waals surface area contributed by atoms with Gasteiger partial charge < -0.3 is 14.9 Å². The summed E-state index contributed by atoms with van der Waals surface area (Å²) >= 11 is 1.66. The SMILES string of the molecule is CC(=N)N1C(=N)[C@H](C)N=C(c2ccc(CN3CCN(CC4CCN(c5ccc([C@H]6c7ccc(O)cc7CC[C@H]6c6ccccc6)cc5)CC4)CC3)cc2)c2c1sc(C)c2C. The molecule has 8 nitrogen and oxygen atoms in total. The average molecular weight is 818 g/mol. The molecule has 3 aliphatic heterocycles. The number of phenols is 1. The maximum absolute atomic E-state index is 10.3. The number of aryl methyl sites for hydroxylation is 2. The van der Waals surface area contributed by atoms with Crippen LogP contribution in [0.1, 0.15) is 94.3 Å². The summed E-state index contributed by atoms with van der Waals surface area (Å²) in [5.41, 5.74) is 12.3. The third-order valence-electron chi connectivity index (χ3n) is 13.8. The van der Waals surface area contributed by atoms with Crippen LogP contribution in [0.15, 0.2) is 102 Å². The number of aromatic hydroxyl groups is 1. The van der Waals surface area contributed by atoms with Crippen LogP contribution in [-0.2, 0) is 13.0 Å². The molecule has 310 valence electrons. The number of nitrogens with zero attached hydrogens (tertiary/aromatic N) is 5. The van der Waals surface area contributed by atoms with E-state index < -0.39 is 0 Å². The minimum atomic E-state index is -0.334. The van der Waals surface area contributed by atoms with Crippen LogP contribution in [0.5, 0.6) is 5.75 Å². The molecule has 0 radical (unpaired) electrons. The molecule has 2 saturated heterocycles. The third kappa shape index (κ3) is 8.07. The molecule has 0 spiro atoms. The number of piperidine rings is 1. The zero-order valence-corrected chi connectivity index (χ0v) is 36.4. The zero-order valence-electron chi connectivity index (χ0n) is 35.6. The van der Waals surface area contributed by atoms with Crippen molar-refractivity contribution in [3.05, 3.63) is 146 Å². The summed E-state index contributed by atoms with van der Waals surface area (Å²) in [6.07, 6.45) is 4.55. The van der Waals surface area contributed by atoms with Crippen LogP contribution in [-0.4, -0.2) is 84.1 Å². The number of aliphatic imine (C=N–C) groups is 1. The molecular formula is C51H59N7OS. The van der Waals surface area contributed by atoms with Gasteiger partial charge in [0.05, 0.1) is 5.71 Å². The summed E-state index contributed by atoms with van der Waals surface area (Å²) in [4.78, 5) is 15.9. The van der Waals surface area contributed by atoms with Gasteiger partial charge in [-0.2, -0.15) is 0 Å². The third-order valence-corrected chi connectivity index (χ3v) is 15.0. The molecule has 0 amide bonds. The maximum atomic E-state index is 10.3. The summed E-state index contributed by atoms with van der Waals surface area (Å²) in [7, 11) is 0. The number of benzene rings is 4. The Morgan fingerprint density at radius 2 is 1.52 bits per heavy atom. The largest absolute Gasteiger partial charge is 0.508 e. The molecule has 0 unspecified atom stereocenters. The molecule has 9 rings (SSSR count). The minimum Gasteiger partial charge on any atom is -0.508 e. The number of rotatable bonds is 8. The summed E-state index contributed by atoms with van der Waals surface area (Å²) in [6, 6.07) is 35.0. The van der Waals surface area contributed by atoms with E-state index in [0.717, 1.165) is 86.4 Å². The first-order valence-electron chi connectivity index (χ1n) is 22.0. The standard InChI is InChI=1S/C51H59N7OS/c1-33-35(3)60-51-47(33)49(54-34(2)50(53)58(51)36(4)52)41-12-10-37(11-13-41)31-55-26-28-56(29-27-55)32-38-22-24-57(25-23-38)43-17-14-40(15-18-43)48-45(39-8-6-5-7-9-39)20-16-42-30-44(59)19-21-46(42)48/h5-15,17-19,21,30,34,38,45,48,52-53,59H,16,20,22-29,31-32H2,1-4H3/t34-,45-,48+/m0/s1. The molecule has 1 aliphatic carbocycles. The molecule has 5 aromatic rings. The lowest BCUT2D eigenvalue weighted by Crippen LogP contribution is -2.48. The van der Waals surface area contributed by atoms with Crippen LogP contribution in [0.3, 0.4) is 0 Å². The topological polar surface area (TPSA) is 93.2 Å². The first-order valence-corrected chi connectivity index (χ1v) is 22.8. The van der Waals surface area contributed by atoms with Crippen molar-refractivity contribution in [3.8, 4) is 5.75 Å². The van der Waals surface area contributed by atoms with Gasteiger partial charge in [-0.3, -0.25) is 25.6 Å². The molecule has 9 heteroatoms. The fraction of sp³-hybridized carbons (Fsp3) is 0.392. The quantitative estimate of drug-likeness (QED) is 0.107. The van der Waals surface area contributed by atoms with Crippen LogP contribution in [0.25, 0.3) is 0 Å². The van der Waals surface area contributed by atoms with E-state index in [0.29, 0.717) is 23.3 Å². The Hall–Kier alpha value is -5.09. The second-order valence-corrected chi connectivity index (χ2v) is 18.8. The van der Waals surface area contributed by atoms with Gasteiger partial charge in [0, 0.05) is 80.0 Å². The Kier molecular flexibility index (Phi) is 11.5. The molecule has 0 bridgehead atoms. The summed E-state index contributed by atoms with van der Waals surface area (Å²) < 4.78 is 0. The van der Waals surface area contributed by atoms with Gasteiger partial charge in [0.15, 0.2) is 0 Å². The summed E-state index contributed by atoms with van der Waals surface area (Å²) in [6.45, 7) is 16.8. The molecule has 4 aliphatic rings. The fourth-order valence-corrected chi connectivity index (χ4v) is 11.5. The number of hydrogen-bond acceptors (Lipinski definition) is 8. The second kappa shape index (κ2) is 17.1. The van der Waals surface area contributed by atoms with Crippen molar-refractivity contribution in [3.63, 3.8) is 0 Å². The van der Waals surface area contributed by atoms with Gasteiger partial charge in [0.25, 0.3) is 0 Å². The molecule has 2 fully saturated rings. The summed E-state index contributed by atoms with van der Waals surface area (Å²) in [5.74, 6) is 2.51. The predicted octanol–water partition coefficient (Wildman–Crippen LogP) is 9.99. The van der Waals surface area contributed by atoms with E-state index in [2.05, 4.69) is 113 Å². The van der Waals surface area contributed by atoms with E-state index >= 15 is 0 Å². The van der Waals surface area contributed by atoms with Crippen molar-refractivity contribution in [2.45, 2.75) is 77.8 Å². The van der Waals surface area contributed by atoms with E-state index in [9.17, 15) is 5.11 Å². The monoisotopic (exact) mass is 817 g/mol. The van der Waals surface area contributed by atoms with Crippen molar-refractivity contribution in [1.29, 1.82) is 10.8 Å². The number of piperazine rings is 1. The van der Waals surface area contributed by atoms with E-state index in [1.165, 1.54) is 63.3 Å². The smallest absolute Gasteiger partial charge is 0.132 e. The Labute approximate surface area is 360 Å². The van der Waals surface area contributed by atoms with Crippen LogP contribution in [0.4, 0.5) is 10.7 Å². The molecule has 3 N–H and O–H groups in total. The van der Waals surface area contributed by atoms with Crippen LogP contribution in [0.2, 0.25) is 0 Å². The Morgan fingerprint density at radius 3 is 2.22 bits per heavy atom. The van der Waals surface area contributed by atoms with E-state index in [1.54, 1.807) is 23.2 Å². The predicted molar refractivity (Wildman–Crippen MR) is 249 cm³/mol. The van der Waals surface area contributed by atoms with E-state index in [-0.39, 0.29) is 12.0 Å². The van der Waals surface area contributed by atoms with Crippen LogP contribution >= 0.6 is 11.3 Å². The Bertz CT molecular complexity index is 2370. The Balaban J connectivity index is 0.774. The lowest BCUT2D eigenvalue weighted by atomic mass is 9.69. The van der Waals surface area contributed by atoms with Crippen molar-refractivity contribution < 1.29 is 5.11 Å². The molecule has 4 heterocycles. The van der Waals surface area contributed by atoms with E-state index in [4.69, 9.17) is 15.8 Å². The lowest BCUT2D eigenvalue weighted by molar-refractivity contribution is 0.108. The van der Waals surface area contributed by atoms with Gasteiger partial charge in [-0.15, -0.1) is 11.3 Å². The van der Waals surface area contributed by atoms with E-state index in [1.807, 2.05) is 19.1 Å². The molecule has 60 heavy (non-hydrogen) atoms. The number of fused-ring (bicyclic) bond motifs is 2. The number of hydrogen-bond donors (Lipinski definition) is 3. The first kappa shape index (κ1) is 40.3. The van der Waals surface area contributed by atoms with Crippen molar-refractivity contribution >= 4 is 39.4 Å². The number of anilines is 2. The highest BCUT2D eigenvalue weighted by molar-refractivity contribution is 7.17. The number of nitrogens with one attached hydrogen (secondary N) is 2. The number of thiophene rings is 1. The second-order valence-electron chi connectivity index (χ2n) is 17.6. The van der Waals surface area contributed by atoms with Gasteiger partial charge in [0.2, 0.25) is 0 Å². The molecule has 1 aromatic heterocycles. The summed E-state index contributed by atoms with van der Waals surface area (Å²) in [5, 5.41) is 28.5. The van der Waals surface area contributed by atoms with Gasteiger partial charge in [-0.05, 0) is 123 Å². The highest BCUT2D eigenvalue weighted by Crippen LogP contribution is 2.47. The highest BCUT2D eigenvalue weighted by Gasteiger charge is 2.34. The van der Waals surface area contributed by atoms with Crippen molar-refractivity contribution in [1.82, 2.24) is 9.80 Å². The lowest BCUT2D eigenvalue weighted by Gasteiger charge is -2.39. The molecule has 0 saturated carbocycles. The number of amidine groups is 2. The molecular weight excluding hydrogens is 759 g/mol. The van der Waals surface area contributed by atoms with Gasteiger partial charge in [-0.1, -0.05) is 72.8 Å². The highest BCUT2D eigenvalue weighted by atomic mass is 32.1. The van der Waals surface area contributed by atoms with Crippen LogP contribution < -0.4 is 9.80 Å². The first-order chi connectivity index (χ1) is 29.1. The van der Waals surface area contributed by atoms with Gasteiger partial charge in [0.1, 0.15) is 28.5 Å². The average Bonchev–Trinajstić information content (AvgIpc) is 3.49. The van der Waals surface area contributed by atoms with Crippen LogP contribution in [0, 0.1) is 30.6 Å². The van der Waals surface area contributed by atoms with Gasteiger partial charge >= 0.3 is 0 Å². The zero-order chi connectivity index (χ0) is 41.5. The Morgan fingerprint density at radius 1 is 0.817 bits per heavy atom. The molecule has 3 atom stereocenters. The number of phenolic OH excluding ortho intramolecular Hbond substituents is 1. The maximum Gasteiger partial charge on any atom is 0.132 e. The minimum absolute atomic E-state index is 0.278. The van der Waals surface area contributed by atoms with Crippen molar-refractivity contribution in [2.75, 3.05) is 55.6 Å².